The molecule has 0 aliphatic heterocycles. The van der Waals surface area contributed by atoms with Crippen LogP contribution in [-0.4, -0.2) is 4.98 Å². The van der Waals surface area contributed by atoms with E-state index in [1.807, 2.05) is 11.3 Å². The second kappa shape index (κ2) is 5.19. The molecular weight excluding hydrogens is 252 g/mol. The summed E-state index contributed by atoms with van der Waals surface area (Å²) in [7, 11) is 0. The summed E-state index contributed by atoms with van der Waals surface area (Å²) in [6.07, 6.45) is 2.10. The second-order valence-corrected chi connectivity index (χ2v) is 6.23. The number of hydrogen-bond acceptors (Lipinski definition) is 2. The summed E-state index contributed by atoms with van der Waals surface area (Å²) in [5.41, 5.74) is 2.54. The van der Waals surface area contributed by atoms with E-state index in [-0.39, 0.29) is 0 Å². The lowest BCUT2D eigenvalue weighted by Gasteiger charge is -2.11. The number of hydrogen-bond donors (Lipinski definition) is 2. The number of aromatic nitrogens is 1. The Kier molecular flexibility index (Phi) is 3.40. The molecule has 98 valence electrons. The molecule has 2 aromatic heterocycles. The minimum absolute atomic E-state index is 0.396. The molecule has 0 fully saturated rings. The molecule has 0 amide bonds. The Morgan fingerprint density at radius 3 is 2.84 bits per heavy atom. The van der Waals surface area contributed by atoms with Crippen LogP contribution in [0.3, 0.4) is 0 Å². The molecule has 0 aliphatic carbocycles. The van der Waals surface area contributed by atoms with Crippen molar-refractivity contribution in [1.82, 2.24) is 10.3 Å². The van der Waals surface area contributed by atoms with E-state index in [0.717, 1.165) is 6.54 Å². The quantitative estimate of drug-likeness (QED) is 0.723. The third-order valence-electron chi connectivity index (χ3n) is 3.46. The molecule has 2 nitrogen and oxygen atoms in total. The van der Waals surface area contributed by atoms with E-state index in [1.165, 1.54) is 26.2 Å². The summed E-state index contributed by atoms with van der Waals surface area (Å²) in [6.45, 7) is 5.27. The lowest BCUT2D eigenvalue weighted by molar-refractivity contribution is 0.585. The highest BCUT2D eigenvalue weighted by Gasteiger charge is 2.08. The van der Waals surface area contributed by atoms with Crippen LogP contribution in [0.5, 0.6) is 0 Å². The highest BCUT2D eigenvalue weighted by Crippen LogP contribution is 2.23. The average molecular weight is 270 g/mol. The van der Waals surface area contributed by atoms with Crippen LogP contribution in [0.4, 0.5) is 0 Å². The maximum Gasteiger partial charge on any atom is 0.0457 e. The maximum atomic E-state index is 3.60. The number of thiophene rings is 1. The van der Waals surface area contributed by atoms with Gasteiger partial charge in [-0.05, 0) is 37.6 Å². The smallest absolute Gasteiger partial charge is 0.0457 e. The normalized spacial score (nSPS) is 12.9. The number of aromatic amines is 1. The monoisotopic (exact) mass is 270 g/mol. The minimum Gasteiger partial charge on any atom is -0.361 e. The van der Waals surface area contributed by atoms with Gasteiger partial charge in [0.25, 0.3) is 0 Å². The Morgan fingerprint density at radius 2 is 2.05 bits per heavy atom. The van der Waals surface area contributed by atoms with Gasteiger partial charge in [0.1, 0.15) is 0 Å². The minimum atomic E-state index is 0.396. The number of rotatable bonds is 4. The van der Waals surface area contributed by atoms with Crippen LogP contribution in [0.1, 0.15) is 28.3 Å². The molecule has 2 heterocycles. The first kappa shape index (κ1) is 12.5. The van der Waals surface area contributed by atoms with Crippen molar-refractivity contribution in [3.63, 3.8) is 0 Å². The van der Waals surface area contributed by atoms with E-state index in [4.69, 9.17) is 0 Å². The molecule has 1 aromatic carbocycles. The third kappa shape index (κ3) is 2.57. The predicted molar refractivity (Wildman–Crippen MR) is 82.6 cm³/mol. The molecule has 0 spiro atoms. The molecule has 0 saturated carbocycles. The average Bonchev–Trinajstić information content (AvgIpc) is 3.02. The predicted octanol–water partition coefficient (Wildman–Crippen LogP) is 4.39. The number of benzene rings is 1. The van der Waals surface area contributed by atoms with E-state index in [2.05, 4.69) is 66.7 Å². The Hall–Kier alpha value is -1.58. The lowest BCUT2D eigenvalue weighted by Crippen LogP contribution is -2.16. The summed E-state index contributed by atoms with van der Waals surface area (Å²) in [5.74, 6) is 0. The van der Waals surface area contributed by atoms with Gasteiger partial charge in [0.15, 0.2) is 0 Å². The molecule has 2 N–H and O–H groups in total. The molecule has 0 aliphatic rings. The first-order chi connectivity index (χ1) is 9.24. The zero-order valence-corrected chi connectivity index (χ0v) is 12.1. The first-order valence-electron chi connectivity index (χ1n) is 6.59. The Morgan fingerprint density at radius 1 is 1.21 bits per heavy atom. The highest BCUT2D eigenvalue weighted by molar-refractivity contribution is 7.12. The van der Waals surface area contributed by atoms with Gasteiger partial charge < -0.3 is 10.3 Å². The van der Waals surface area contributed by atoms with Gasteiger partial charge in [-0.25, -0.2) is 0 Å². The van der Waals surface area contributed by atoms with Crippen LogP contribution in [0.25, 0.3) is 10.9 Å². The summed E-state index contributed by atoms with van der Waals surface area (Å²) in [4.78, 5) is 6.09. The fourth-order valence-electron chi connectivity index (χ4n) is 2.33. The molecule has 0 radical (unpaired) electrons. The van der Waals surface area contributed by atoms with Crippen molar-refractivity contribution >= 4 is 22.2 Å². The van der Waals surface area contributed by atoms with Crippen LogP contribution in [0.15, 0.2) is 42.6 Å². The number of nitrogens with one attached hydrogen (secondary N) is 2. The van der Waals surface area contributed by atoms with E-state index in [9.17, 15) is 0 Å². The zero-order chi connectivity index (χ0) is 13.2. The van der Waals surface area contributed by atoms with Crippen LogP contribution in [0, 0.1) is 6.92 Å². The maximum absolute atomic E-state index is 3.60. The van der Waals surface area contributed by atoms with Gasteiger partial charge >= 0.3 is 0 Å². The molecule has 0 bridgehead atoms. The van der Waals surface area contributed by atoms with Gasteiger partial charge in [0.05, 0.1) is 0 Å². The van der Waals surface area contributed by atoms with Gasteiger partial charge in [0.2, 0.25) is 0 Å². The topological polar surface area (TPSA) is 27.8 Å². The van der Waals surface area contributed by atoms with Crippen LogP contribution in [-0.2, 0) is 6.54 Å². The summed E-state index contributed by atoms with van der Waals surface area (Å²) >= 11 is 1.87. The lowest BCUT2D eigenvalue weighted by atomic mass is 10.1. The van der Waals surface area contributed by atoms with Gasteiger partial charge in [-0.3, -0.25) is 0 Å². The fourth-order valence-corrected chi connectivity index (χ4v) is 3.23. The summed E-state index contributed by atoms with van der Waals surface area (Å²) in [5, 5.41) is 4.91. The van der Waals surface area contributed by atoms with Gasteiger partial charge in [-0.2, -0.15) is 0 Å². The van der Waals surface area contributed by atoms with Crippen molar-refractivity contribution in [1.29, 1.82) is 0 Å². The van der Waals surface area contributed by atoms with Crippen molar-refractivity contribution in [2.24, 2.45) is 0 Å². The van der Waals surface area contributed by atoms with E-state index < -0.39 is 0 Å². The molecular formula is C16H18N2S. The van der Waals surface area contributed by atoms with Crippen molar-refractivity contribution < 1.29 is 0 Å². The number of aryl methyl sites for hydroxylation is 1. The van der Waals surface area contributed by atoms with Crippen molar-refractivity contribution in [2.45, 2.75) is 26.4 Å². The molecule has 1 atom stereocenters. The summed E-state index contributed by atoms with van der Waals surface area (Å²) in [6, 6.07) is 13.2. The zero-order valence-electron chi connectivity index (χ0n) is 11.2. The van der Waals surface area contributed by atoms with Crippen LogP contribution < -0.4 is 5.32 Å². The Bertz CT molecular complexity index is 681. The Balaban J connectivity index is 1.72. The van der Waals surface area contributed by atoms with Crippen molar-refractivity contribution in [3.8, 4) is 0 Å². The SMILES string of the molecule is Cc1ccc(C(C)NCc2c[nH]c3ccccc23)s1. The van der Waals surface area contributed by atoms with E-state index >= 15 is 0 Å². The first-order valence-corrected chi connectivity index (χ1v) is 7.40. The molecule has 0 saturated heterocycles. The molecule has 3 heteroatoms. The number of H-pyrrole nitrogens is 1. The standard InChI is InChI=1S/C16H18N2S/c1-11-7-8-16(19-11)12(2)17-9-13-10-18-15-6-4-3-5-14(13)15/h3-8,10,12,17-18H,9H2,1-2H3. The van der Waals surface area contributed by atoms with Gasteiger partial charge in [-0.1, -0.05) is 18.2 Å². The van der Waals surface area contributed by atoms with Gasteiger partial charge in [0, 0.05) is 39.4 Å². The summed E-state index contributed by atoms with van der Waals surface area (Å²) < 4.78 is 0. The number of para-hydroxylation sites is 1. The Labute approximate surface area is 117 Å². The molecule has 3 aromatic rings. The largest absolute Gasteiger partial charge is 0.361 e. The number of fused-ring (bicyclic) bond motifs is 1. The second-order valence-electron chi connectivity index (χ2n) is 4.91. The molecule has 19 heavy (non-hydrogen) atoms. The van der Waals surface area contributed by atoms with Gasteiger partial charge in [-0.15, -0.1) is 11.3 Å². The van der Waals surface area contributed by atoms with E-state index in [0.29, 0.717) is 6.04 Å². The van der Waals surface area contributed by atoms with Crippen molar-refractivity contribution in [2.75, 3.05) is 0 Å². The van der Waals surface area contributed by atoms with Crippen LogP contribution >= 0.6 is 11.3 Å². The van der Waals surface area contributed by atoms with Crippen LogP contribution in [0.2, 0.25) is 0 Å². The highest BCUT2D eigenvalue weighted by atomic mass is 32.1. The molecule has 3 rings (SSSR count). The van der Waals surface area contributed by atoms with Crippen molar-refractivity contribution in [3.05, 3.63) is 57.9 Å². The molecule has 1 unspecified atom stereocenters. The third-order valence-corrected chi connectivity index (χ3v) is 4.64. The fraction of sp³-hybridized carbons (Fsp3) is 0.250. The van der Waals surface area contributed by atoms with E-state index in [1.54, 1.807) is 0 Å².